The summed E-state index contributed by atoms with van der Waals surface area (Å²) in [5.74, 6) is 0.960. The topological polar surface area (TPSA) is 119 Å². The molecule has 9 nitrogen and oxygen atoms in total. The zero-order valence-electron chi connectivity index (χ0n) is 17.1. The Kier molecular flexibility index (Phi) is 6.44. The third kappa shape index (κ3) is 4.77. The summed E-state index contributed by atoms with van der Waals surface area (Å²) in [6.07, 6.45) is 0. The highest BCUT2D eigenvalue weighted by atomic mass is 32.2. The molecule has 160 valence electrons. The summed E-state index contributed by atoms with van der Waals surface area (Å²) in [5, 5.41) is 28.3. The number of amides is 1. The van der Waals surface area contributed by atoms with Crippen LogP contribution in [0.2, 0.25) is 0 Å². The zero-order chi connectivity index (χ0) is 22.5. The Morgan fingerprint density at radius 1 is 1.22 bits per heavy atom. The molecule has 1 N–H and O–H groups in total. The predicted octanol–water partition coefficient (Wildman–Crippen LogP) is 3.85. The zero-order valence-corrected chi connectivity index (χ0v) is 18.8. The van der Waals surface area contributed by atoms with Gasteiger partial charge in [0, 0.05) is 11.8 Å². The van der Waals surface area contributed by atoms with Gasteiger partial charge in [0.05, 0.1) is 30.1 Å². The molecular weight excluding hydrogens is 446 g/mol. The fourth-order valence-electron chi connectivity index (χ4n) is 2.82. The van der Waals surface area contributed by atoms with Gasteiger partial charge in [-0.2, -0.15) is 5.26 Å². The second kappa shape index (κ2) is 9.59. The highest BCUT2D eigenvalue weighted by molar-refractivity contribution is 8.00. The Morgan fingerprint density at radius 2 is 2.03 bits per heavy atom. The Bertz CT molecular complexity index is 1290. The van der Waals surface area contributed by atoms with Crippen LogP contribution in [0.1, 0.15) is 27.3 Å². The van der Waals surface area contributed by atoms with Crippen LogP contribution in [0.25, 0.3) is 5.69 Å². The summed E-state index contributed by atoms with van der Waals surface area (Å²) in [5.41, 5.74) is 3.23. The van der Waals surface area contributed by atoms with Gasteiger partial charge in [-0.25, -0.2) is 4.68 Å². The van der Waals surface area contributed by atoms with Gasteiger partial charge in [0.25, 0.3) is 5.91 Å². The first-order valence-corrected chi connectivity index (χ1v) is 11.2. The predicted molar refractivity (Wildman–Crippen MR) is 121 cm³/mol. The Balaban J connectivity index is 1.41. The van der Waals surface area contributed by atoms with Crippen LogP contribution in [0.3, 0.4) is 0 Å². The molecule has 0 bridgehead atoms. The van der Waals surface area contributed by atoms with Crippen LogP contribution < -0.4 is 10.1 Å². The first-order valence-electron chi connectivity index (χ1n) is 9.41. The van der Waals surface area contributed by atoms with Crippen LogP contribution in [0.5, 0.6) is 5.75 Å². The number of benzene rings is 2. The summed E-state index contributed by atoms with van der Waals surface area (Å²) in [4.78, 5) is 12.7. The number of nitrogens with zero attached hydrogens (tertiary/aromatic N) is 6. The number of thioether (sulfide) groups is 1. The third-order valence-electron chi connectivity index (χ3n) is 4.48. The lowest BCUT2D eigenvalue weighted by Gasteiger charge is -2.05. The normalized spacial score (nSPS) is 10.5. The van der Waals surface area contributed by atoms with E-state index in [0.717, 1.165) is 15.6 Å². The molecule has 1 amide bonds. The number of aromatic nitrogens is 5. The largest absolute Gasteiger partial charge is 0.497 e. The van der Waals surface area contributed by atoms with E-state index in [4.69, 9.17) is 10.00 Å². The van der Waals surface area contributed by atoms with Crippen LogP contribution in [0.4, 0.5) is 5.13 Å². The van der Waals surface area contributed by atoms with E-state index < -0.39 is 5.91 Å². The quantitative estimate of drug-likeness (QED) is 0.324. The van der Waals surface area contributed by atoms with E-state index in [9.17, 15) is 4.79 Å². The minimum Gasteiger partial charge on any atom is -0.497 e. The molecule has 0 spiro atoms. The number of hydrogen-bond acceptors (Lipinski definition) is 9. The molecule has 0 fully saturated rings. The van der Waals surface area contributed by atoms with Crippen molar-refractivity contribution in [2.45, 2.75) is 17.0 Å². The fourth-order valence-corrected chi connectivity index (χ4v) is 4.52. The Hall–Kier alpha value is -3.75. The number of nitriles is 1. The lowest BCUT2D eigenvalue weighted by Crippen LogP contribution is -2.14. The highest BCUT2D eigenvalue weighted by Gasteiger charge is 2.19. The molecule has 0 saturated heterocycles. The molecule has 0 atom stereocenters. The van der Waals surface area contributed by atoms with Gasteiger partial charge < -0.3 is 4.74 Å². The van der Waals surface area contributed by atoms with Gasteiger partial charge in [-0.05, 0) is 36.8 Å². The number of ether oxygens (including phenoxy) is 1. The molecule has 0 unspecified atom stereocenters. The van der Waals surface area contributed by atoms with Crippen LogP contribution in [0, 0.1) is 18.3 Å². The summed E-state index contributed by atoms with van der Waals surface area (Å²) < 4.78 is 7.54. The van der Waals surface area contributed by atoms with E-state index in [1.807, 2.05) is 36.4 Å². The molecule has 2 aromatic carbocycles. The van der Waals surface area contributed by atoms with Crippen LogP contribution in [0.15, 0.2) is 52.9 Å². The molecule has 4 aromatic rings. The number of anilines is 1. The number of methoxy groups -OCH3 is 1. The van der Waals surface area contributed by atoms with Crippen LogP contribution >= 0.6 is 23.1 Å². The SMILES string of the molecule is COc1cccc(-n2nnc(C(=O)Nc3nnc(SCc4ccc(C#N)cc4)s3)c2C)c1. The van der Waals surface area contributed by atoms with Crippen LogP contribution in [-0.2, 0) is 5.75 Å². The summed E-state index contributed by atoms with van der Waals surface area (Å²) in [6.45, 7) is 1.77. The van der Waals surface area contributed by atoms with Crippen molar-refractivity contribution < 1.29 is 9.53 Å². The molecule has 0 radical (unpaired) electrons. The molecule has 4 rings (SSSR count). The van der Waals surface area contributed by atoms with Crippen molar-refractivity contribution in [3.8, 4) is 17.5 Å². The van der Waals surface area contributed by atoms with Gasteiger partial charge in [0.2, 0.25) is 5.13 Å². The van der Waals surface area contributed by atoms with E-state index in [1.54, 1.807) is 30.8 Å². The van der Waals surface area contributed by atoms with Crippen molar-refractivity contribution in [1.82, 2.24) is 25.2 Å². The number of hydrogen-bond donors (Lipinski definition) is 1. The molecule has 0 saturated carbocycles. The molecule has 11 heteroatoms. The minimum absolute atomic E-state index is 0.204. The summed E-state index contributed by atoms with van der Waals surface area (Å²) in [7, 11) is 1.59. The molecular formula is C21H17N7O2S2. The standard InChI is InChI=1S/C21H17N7O2S2/c1-13-18(24-27-28(13)16-4-3-5-17(10-16)30-2)19(29)23-20-25-26-21(32-20)31-12-15-8-6-14(11-22)7-9-15/h3-10H,12H2,1-2H3,(H,23,25,29). The second-order valence-electron chi connectivity index (χ2n) is 6.56. The van der Waals surface area contributed by atoms with E-state index in [0.29, 0.717) is 27.9 Å². The molecule has 2 heterocycles. The first kappa shape index (κ1) is 21.5. The van der Waals surface area contributed by atoms with Crippen LogP contribution in [-0.4, -0.2) is 38.2 Å². The first-order chi connectivity index (χ1) is 15.6. The Labute approximate surface area is 192 Å². The lowest BCUT2D eigenvalue weighted by molar-refractivity contribution is 0.102. The van der Waals surface area contributed by atoms with Crippen molar-refractivity contribution >= 4 is 34.1 Å². The third-order valence-corrected chi connectivity index (χ3v) is 6.52. The molecule has 0 aliphatic heterocycles. The van der Waals surface area contributed by atoms with Gasteiger partial charge in [-0.1, -0.05) is 46.5 Å². The minimum atomic E-state index is -0.406. The van der Waals surface area contributed by atoms with Crippen molar-refractivity contribution in [1.29, 1.82) is 5.26 Å². The van der Waals surface area contributed by atoms with E-state index >= 15 is 0 Å². The van der Waals surface area contributed by atoms with Gasteiger partial charge >= 0.3 is 0 Å². The van der Waals surface area contributed by atoms with Gasteiger partial charge in [-0.15, -0.1) is 15.3 Å². The highest BCUT2D eigenvalue weighted by Crippen LogP contribution is 2.28. The molecule has 2 aromatic heterocycles. The molecule has 0 aliphatic carbocycles. The Morgan fingerprint density at radius 3 is 2.78 bits per heavy atom. The van der Waals surface area contributed by atoms with E-state index in [-0.39, 0.29) is 5.69 Å². The molecule has 32 heavy (non-hydrogen) atoms. The average molecular weight is 464 g/mol. The van der Waals surface area contributed by atoms with Gasteiger partial charge in [0.1, 0.15) is 5.75 Å². The smallest absolute Gasteiger partial charge is 0.279 e. The number of carbonyl (C=O) groups is 1. The average Bonchev–Trinajstić information content (AvgIpc) is 3.44. The number of rotatable bonds is 7. The maximum Gasteiger partial charge on any atom is 0.279 e. The number of nitrogens with one attached hydrogen (secondary N) is 1. The monoisotopic (exact) mass is 463 g/mol. The fraction of sp³-hybridized carbons (Fsp3) is 0.143. The van der Waals surface area contributed by atoms with Crippen molar-refractivity contribution in [2.75, 3.05) is 12.4 Å². The second-order valence-corrected chi connectivity index (χ2v) is 8.76. The lowest BCUT2D eigenvalue weighted by atomic mass is 10.2. The van der Waals surface area contributed by atoms with E-state index in [2.05, 4.69) is 31.9 Å². The van der Waals surface area contributed by atoms with Crippen molar-refractivity contribution in [2.24, 2.45) is 0 Å². The van der Waals surface area contributed by atoms with Gasteiger partial charge in [0.15, 0.2) is 10.0 Å². The van der Waals surface area contributed by atoms with Crippen molar-refractivity contribution in [3.63, 3.8) is 0 Å². The summed E-state index contributed by atoms with van der Waals surface area (Å²) >= 11 is 2.79. The maximum absolute atomic E-state index is 12.7. The summed E-state index contributed by atoms with van der Waals surface area (Å²) in [6, 6.07) is 16.8. The molecule has 0 aliphatic rings. The number of carbonyl (C=O) groups excluding carboxylic acids is 1. The van der Waals surface area contributed by atoms with Crippen molar-refractivity contribution in [3.05, 3.63) is 71.0 Å². The van der Waals surface area contributed by atoms with E-state index in [1.165, 1.54) is 23.1 Å². The van der Waals surface area contributed by atoms with Gasteiger partial charge in [-0.3, -0.25) is 10.1 Å². The maximum atomic E-state index is 12.7.